The highest BCUT2D eigenvalue weighted by Crippen LogP contribution is 2.27. The first-order chi connectivity index (χ1) is 9.97. The largest absolute Gasteiger partial charge is 0.377 e. The molecule has 2 rings (SSSR count). The van der Waals surface area contributed by atoms with E-state index < -0.39 is 4.92 Å². The van der Waals surface area contributed by atoms with Crippen LogP contribution in [0.1, 0.15) is 10.4 Å². The number of nitrogens with zero attached hydrogens (tertiary/aromatic N) is 1. The normalized spacial score (nSPS) is 10.2. The van der Waals surface area contributed by atoms with Crippen LogP contribution in [0.3, 0.4) is 0 Å². The number of nitro groups is 1. The van der Waals surface area contributed by atoms with Crippen LogP contribution < -0.4 is 5.32 Å². The van der Waals surface area contributed by atoms with Gasteiger partial charge in [-0.25, -0.2) is 0 Å². The fourth-order valence-electron chi connectivity index (χ4n) is 1.68. The summed E-state index contributed by atoms with van der Waals surface area (Å²) in [5, 5.41) is 14.2. The Morgan fingerprint density at radius 3 is 2.43 bits per heavy atom. The van der Waals surface area contributed by atoms with E-state index in [0.717, 1.165) is 0 Å². The van der Waals surface area contributed by atoms with Gasteiger partial charge in [0.05, 0.1) is 11.5 Å². The minimum Gasteiger partial charge on any atom is -0.377 e. The maximum atomic E-state index is 11.9. The van der Waals surface area contributed by atoms with Gasteiger partial charge in [0, 0.05) is 22.3 Å². The zero-order chi connectivity index (χ0) is 15.4. The average molecular weight is 325 g/mol. The number of carbonyl (C=O) groups excluding carboxylic acids is 1. The van der Waals surface area contributed by atoms with Gasteiger partial charge < -0.3 is 5.32 Å². The van der Waals surface area contributed by atoms with Gasteiger partial charge in [-0.2, -0.15) is 0 Å². The number of nitrogens with one attached hydrogen (secondary N) is 1. The smallest absolute Gasteiger partial charge is 0.289 e. The fourth-order valence-corrected chi connectivity index (χ4v) is 2.00. The number of ketones is 1. The highest BCUT2D eigenvalue weighted by Gasteiger charge is 2.13. The number of Topliss-reactive ketones (excluding diaryl/α,β-unsaturated/α-hetero) is 1. The summed E-state index contributed by atoms with van der Waals surface area (Å²) in [6, 6.07) is 10.8. The van der Waals surface area contributed by atoms with Gasteiger partial charge >= 0.3 is 0 Å². The molecule has 0 spiro atoms. The van der Waals surface area contributed by atoms with E-state index in [-0.39, 0.29) is 23.0 Å². The molecule has 7 heteroatoms. The van der Waals surface area contributed by atoms with Gasteiger partial charge in [0.1, 0.15) is 5.02 Å². The van der Waals surface area contributed by atoms with Crippen LogP contribution in [-0.4, -0.2) is 17.3 Å². The maximum Gasteiger partial charge on any atom is 0.289 e. The van der Waals surface area contributed by atoms with E-state index in [1.807, 2.05) is 0 Å². The molecule has 0 heterocycles. The van der Waals surface area contributed by atoms with Gasteiger partial charge in [0.25, 0.3) is 5.69 Å². The lowest BCUT2D eigenvalue weighted by Crippen LogP contribution is -2.14. The molecular weight excluding hydrogens is 315 g/mol. The first-order valence-electron chi connectivity index (χ1n) is 5.94. The van der Waals surface area contributed by atoms with Crippen LogP contribution in [0.4, 0.5) is 11.4 Å². The number of halogens is 2. The second-order valence-electron chi connectivity index (χ2n) is 4.21. The van der Waals surface area contributed by atoms with Crippen molar-refractivity contribution in [2.24, 2.45) is 0 Å². The van der Waals surface area contributed by atoms with E-state index in [1.54, 1.807) is 30.3 Å². The second kappa shape index (κ2) is 6.56. The molecule has 1 N–H and O–H groups in total. The van der Waals surface area contributed by atoms with E-state index in [0.29, 0.717) is 16.3 Å². The second-order valence-corrected chi connectivity index (χ2v) is 5.05. The van der Waals surface area contributed by atoms with Gasteiger partial charge in [-0.1, -0.05) is 23.2 Å². The molecule has 21 heavy (non-hydrogen) atoms. The Bertz CT molecular complexity index is 687. The van der Waals surface area contributed by atoms with Crippen molar-refractivity contribution in [1.29, 1.82) is 0 Å². The summed E-state index contributed by atoms with van der Waals surface area (Å²) in [6.07, 6.45) is 0. The molecule has 0 fully saturated rings. The van der Waals surface area contributed by atoms with E-state index in [4.69, 9.17) is 23.2 Å². The molecule has 5 nitrogen and oxygen atoms in total. The van der Waals surface area contributed by atoms with Crippen molar-refractivity contribution in [3.05, 3.63) is 68.2 Å². The third-order valence-corrected chi connectivity index (χ3v) is 3.33. The molecule has 0 bridgehead atoms. The minimum atomic E-state index is -0.575. The summed E-state index contributed by atoms with van der Waals surface area (Å²) < 4.78 is 0. The number of nitro benzene ring substituents is 1. The quantitative estimate of drug-likeness (QED) is 0.508. The van der Waals surface area contributed by atoms with Crippen molar-refractivity contribution >= 4 is 40.4 Å². The summed E-state index contributed by atoms with van der Waals surface area (Å²) in [5.74, 6) is -0.149. The molecule has 0 saturated heterocycles. The van der Waals surface area contributed by atoms with E-state index in [9.17, 15) is 14.9 Å². The minimum absolute atomic E-state index is 0.0143. The van der Waals surface area contributed by atoms with Crippen LogP contribution in [-0.2, 0) is 0 Å². The molecule has 0 saturated carbocycles. The Balaban J connectivity index is 2.06. The highest BCUT2D eigenvalue weighted by molar-refractivity contribution is 6.32. The standard InChI is InChI=1S/C14H10Cl2N2O3/c15-10-3-1-9(2-4-10)14(19)8-17-11-5-6-12(16)13(7-11)18(20)21/h1-7,17H,8H2. The number of anilines is 1. The van der Waals surface area contributed by atoms with Gasteiger partial charge in [-0.15, -0.1) is 0 Å². The third-order valence-electron chi connectivity index (χ3n) is 2.76. The lowest BCUT2D eigenvalue weighted by atomic mass is 10.1. The van der Waals surface area contributed by atoms with E-state index in [1.165, 1.54) is 12.1 Å². The molecule has 2 aromatic carbocycles. The van der Waals surface area contributed by atoms with Gasteiger partial charge in [-0.05, 0) is 36.4 Å². The van der Waals surface area contributed by atoms with E-state index in [2.05, 4.69) is 5.32 Å². The summed E-state index contributed by atoms with van der Waals surface area (Å²) in [7, 11) is 0. The molecule has 0 aliphatic carbocycles. The van der Waals surface area contributed by atoms with Crippen LogP contribution in [0, 0.1) is 10.1 Å². The molecule has 0 amide bonds. The first-order valence-corrected chi connectivity index (χ1v) is 6.69. The van der Waals surface area contributed by atoms with Crippen molar-refractivity contribution < 1.29 is 9.72 Å². The first kappa shape index (κ1) is 15.3. The third kappa shape index (κ3) is 3.93. The number of hydrogen-bond acceptors (Lipinski definition) is 4. The predicted octanol–water partition coefficient (Wildman–Crippen LogP) is 4.20. The van der Waals surface area contributed by atoms with Gasteiger partial charge in [0.15, 0.2) is 5.78 Å². The Kier molecular flexibility index (Phi) is 4.77. The Morgan fingerprint density at radius 1 is 1.14 bits per heavy atom. The van der Waals surface area contributed by atoms with Crippen molar-refractivity contribution in [1.82, 2.24) is 0 Å². The van der Waals surface area contributed by atoms with Gasteiger partial charge in [-0.3, -0.25) is 14.9 Å². The van der Waals surface area contributed by atoms with Crippen molar-refractivity contribution in [3.8, 4) is 0 Å². The average Bonchev–Trinajstić information content (AvgIpc) is 2.46. The number of benzene rings is 2. The monoisotopic (exact) mass is 324 g/mol. The number of carbonyl (C=O) groups is 1. The predicted molar refractivity (Wildman–Crippen MR) is 82.4 cm³/mol. The lowest BCUT2D eigenvalue weighted by molar-refractivity contribution is -0.384. The summed E-state index contributed by atoms with van der Waals surface area (Å²) in [4.78, 5) is 22.2. The van der Waals surface area contributed by atoms with Crippen molar-refractivity contribution in [2.75, 3.05) is 11.9 Å². The Morgan fingerprint density at radius 2 is 1.81 bits per heavy atom. The van der Waals surface area contributed by atoms with Crippen LogP contribution in [0.5, 0.6) is 0 Å². The topological polar surface area (TPSA) is 72.2 Å². The van der Waals surface area contributed by atoms with Crippen LogP contribution in [0.25, 0.3) is 0 Å². The molecular formula is C14H10Cl2N2O3. The lowest BCUT2D eigenvalue weighted by Gasteiger charge is -2.06. The molecule has 108 valence electrons. The van der Waals surface area contributed by atoms with Crippen LogP contribution in [0.2, 0.25) is 10.0 Å². The van der Waals surface area contributed by atoms with Gasteiger partial charge in [0.2, 0.25) is 0 Å². The summed E-state index contributed by atoms with van der Waals surface area (Å²) >= 11 is 11.5. The molecule has 2 aromatic rings. The summed E-state index contributed by atoms with van der Waals surface area (Å²) in [5.41, 5.74) is 0.754. The molecule has 0 aliphatic heterocycles. The zero-order valence-corrected chi connectivity index (χ0v) is 12.2. The number of hydrogen-bond donors (Lipinski definition) is 1. The Hall–Kier alpha value is -2.11. The van der Waals surface area contributed by atoms with E-state index >= 15 is 0 Å². The SMILES string of the molecule is O=C(CNc1ccc(Cl)c([N+](=O)[O-])c1)c1ccc(Cl)cc1. The van der Waals surface area contributed by atoms with Crippen molar-refractivity contribution in [3.63, 3.8) is 0 Å². The molecule has 0 aliphatic rings. The summed E-state index contributed by atoms with van der Waals surface area (Å²) in [6.45, 7) is 0.0143. The highest BCUT2D eigenvalue weighted by atomic mass is 35.5. The Labute approximate surface area is 130 Å². The molecule has 0 atom stereocenters. The fraction of sp³-hybridized carbons (Fsp3) is 0.0714. The molecule has 0 aromatic heterocycles. The number of rotatable bonds is 5. The zero-order valence-electron chi connectivity index (χ0n) is 10.7. The maximum absolute atomic E-state index is 11.9. The van der Waals surface area contributed by atoms with Crippen molar-refractivity contribution in [2.45, 2.75) is 0 Å². The van der Waals surface area contributed by atoms with Crippen LogP contribution >= 0.6 is 23.2 Å². The molecule has 0 radical (unpaired) electrons. The molecule has 0 unspecified atom stereocenters. The van der Waals surface area contributed by atoms with Crippen LogP contribution in [0.15, 0.2) is 42.5 Å².